The van der Waals surface area contributed by atoms with Crippen molar-refractivity contribution in [2.45, 2.75) is 54.0 Å². The summed E-state index contributed by atoms with van der Waals surface area (Å²) in [4.78, 5) is 2.29. The van der Waals surface area contributed by atoms with E-state index in [1.807, 2.05) is 0 Å². The van der Waals surface area contributed by atoms with E-state index in [1.54, 1.807) is 0 Å². The van der Waals surface area contributed by atoms with E-state index in [1.165, 1.54) is 6.42 Å². The lowest BCUT2D eigenvalue weighted by Crippen LogP contribution is -2.41. The topological polar surface area (TPSA) is 3.24 Å². The van der Waals surface area contributed by atoms with Crippen LogP contribution in [0.15, 0.2) is 0 Å². The molecule has 0 spiro atoms. The van der Waals surface area contributed by atoms with Gasteiger partial charge in [-0.05, 0) is 39.8 Å². The van der Waals surface area contributed by atoms with E-state index in [0.717, 1.165) is 0 Å². The van der Waals surface area contributed by atoms with Crippen LogP contribution in [0.5, 0.6) is 0 Å². The average molecular weight is 173 g/mol. The highest BCUT2D eigenvalue weighted by Crippen LogP contribution is 2.29. The molecule has 0 aromatic heterocycles. The molecule has 0 unspecified atom stereocenters. The molecule has 0 bridgehead atoms. The van der Waals surface area contributed by atoms with Crippen molar-refractivity contribution < 1.29 is 0 Å². The third-order valence-corrected chi connectivity index (χ3v) is 2.17. The van der Waals surface area contributed by atoms with Gasteiger partial charge in [0, 0.05) is 5.54 Å². The number of hydrogen-bond donors (Lipinski definition) is 0. The van der Waals surface area contributed by atoms with Crippen LogP contribution in [-0.2, 0) is 0 Å². The fraction of sp³-hybridized carbons (Fsp3) is 1.00. The summed E-state index contributed by atoms with van der Waals surface area (Å²) in [7, 11) is 4.29. The maximum Gasteiger partial charge on any atom is 0.0152 e. The quantitative estimate of drug-likeness (QED) is 0.618. The van der Waals surface area contributed by atoms with E-state index in [0.29, 0.717) is 11.0 Å². The van der Waals surface area contributed by atoms with Gasteiger partial charge in [-0.25, -0.2) is 0 Å². The van der Waals surface area contributed by atoms with Crippen molar-refractivity contribution in [3.8, 4) is 0 Å². The second-order valence-corrected chi connectivity index (χ2v) is 5.44. The lowest BCUT2D eigenvalue weighted by Gasteiger charge is -2.38. The van der Waals surface area contributed by atoms with Crippen LogP contribution >= 0.6 is 0 Å². The van der Waals surface area contributed by atoms with Crippen LogP contribution in [0.1, 0.15) is 48.5 Å². The zero-order valence-corrected chi connectivity index (χ0v) is 9.15. The first-order valence-electron chi connectivity index (χ1n) is 4.33. The van der Waals surface area contributed by atoms with E-state index in [-0.39, 0.29) is 7.43 Å². The monoisotopic (exact) mass is 173 g/mol. The van der Waals surface area contributed by atoms with Crippen LogP contribution in [0.25, 0.3) is 0 Å². The molecular formula is C11H27N. The molecule has 0 N–H and O–H groups in total. The Bertz CT molecular complexity index is 117. The van der Waals surface area contributed by atoms with E-state index in [4.69, 9.17) is 0 Å². The first-order valence-corrected chi connectivity index (χ1v) is 4.33. The maximum atomic E-state index is 2.29. The third-order valence-electron chi connectivity index (χ3n) is 2.17. The largest absolute Gasteiger partial charge is 0.304 e. The molecule has 0 aromatic rings. The smallest absolute Gasteiger partial charge is 0.0152 e. The Labute approximate surface area is 79.2 Å². The van der Waals surface area contributed by atoms with Gasteiger partial charge < -0.3 is 4.90 Å². The number of rotatable bonds is 2. The lowest BCUT2D eigenvalue weighted by atomic mass is 9.81. The minimum Gasteiger partial charge on any atom is -0.304 e. The second-order valence-electron chi connectivity index (χ2n) is 5.44. The SMILES string of the molecule is C.CN(C)C(C)(C)CC(C)(C)C. The van der Waals surface area contributed by atoms with Crippen molar-refractivity contribution in [2.24, 2.45) is 5.41 Å². The molecule has 1 heteroatoms. The predicted octanol–water partition coefficient (Wildman–Crippen LogP) is 3.40. The van der Waals surface area contributed by atoms with Crippen LogP contribution in [0.3, 0.4) is 0 Å². The Morgan fingerprint density at radius 2 is 1.25 bits per heavy atom. The molecule has 0 amide bonds. The van der Waals surface area contributed by atoms with Crippen molar-refractivity contribution in [2.75, 3.05) is 14.1 Å². The molecule has 0 aliphatic carbocycles. The fourth-order valence-corrected chi connectivity index (χ4v) is 1.46. The zero-order chi connectivity index (χ0) is 9.28. The van der Waals surface area contributed by atoms with Crippen molar-refractivity contribution in [1.29, 1.82) is 0 Å². The normalized spacial score (nSPS) is 13.0. The molecule has 0 rings (SSSR count). The molecule has 0 saturated carbocycles. The van der Waals surface area contributed by atoms with Crippen LogP contribution in [-0.4, -0.2) is 24.5 Å². The molecule has 0 heterocycles. The van der Waals surface area contributed by atoms with Crippen molar-refractivity contribution >= 4 is 0 Å². The van der Waals surface area contributed by atoms with Gasteiger partial charge in [0.15, 0.2) is 0 Å². The van der Waals surface area contributed by atoms with E-state index in [2.05, 4.69) is 53.6 Å². The highest BCUT2D eigenvalue weighted by atomic mass is 15.1. The molecule has 0 atom stereocenters. The Morgan fingerprint density at radius 1 is 0.917 bits per heavy atom. The summed E-state index contributed by atoms with van der Waals surface area (Å²) in [6, 6.07) is 0. The molecule has 1 nitrogen and oxygen atoms in total. The van der Waals surface area contributed by atoms with Gasteiger partial charge in [0.25, 0.3) is 0 Å². The third kappa shape index (κ3) is 5.59. The Kier molecular flexibility index (Phi) is 5.15. The summed E-state index contributed by atoms with van der Waals surface area (Å²) in [6.07, 6.45) is 1.23. The summed E-state index contributed by atoms with van der Waals surface area (Å²) in [5.41, 5.74) is 0.742. The van der Waals surface area contributed by atoms with E-state index >= 15 is 0 Å². The van der Waals surface area contributed by atoms with Crippen molar-refractivity contribution in [3.05, 3.63) is 0 Å². The predicted molar refractivity (Wildman–Crippen MR) is 58.6 cm³/mol. The summed E-state index contributed by atoms with van der Waals surface area (Å²) in [5.74, 6) is 0. The van der Waals surface area contributed by atoms with Crippen molar-refractivity contribution in [3.63, 3.8) is 0 Å². The molecular weight excluding hydrogens is 146 g/mol. The average Bonchev–Trinajstić information content (AvgIpc) is 1.56. The summed E-state index contributed by atoms with van der Waals surface area (Å²) in [6.45, 7) is 11.4. The molecule has 0 fully saturated rings. The van der Waals surface area contributed by atoms with Crippen LogP contribution in [0.2, 0.25) is 0 Å². The standard InChI is InChI=1S/C10H23N.CH4/c1-9(2,3)8-10(4,5)11(6)7;/h8H2,1-7H3;1H4. The lowest BCUT2D eigenvalue weighted by molar-refractivity contribution is 0.130. The van der Waals surface area contributed by atoms with Gasteiger partial charge in [-0.15, -0.1) is 0 Å². The van der Waals surface area contributed by atoms with Gasteiger partial charge in [-0.3, -0.25) is 0 Å². The number of nitrogens with zero attached hydrogens (tertiary/aromatic N) is 1. The van der Waals surface area contributed by atoms with Gasteiger partial charge in [0.05, 0.1) is 0 Å². The molecule has 76 valence electrons. The molecule has 0 aliphatic heterocycles. The molecule has 0 radical (unpaired) electrons. The molecule has 0 aliphatic rings. The highest BCUT2D eigenvalue weighted by molar-refractivity contribution is 4.82. The van der Waals surface area contributed by atoms with Crippen LogP contribution in [0, 0.1) is 5.41 Å². The zero-order valence-electron chi connectivity index (χ0n) is 9.15. The highest BCUT2D eigenvalue weighted by Gasteiger charge is 2.26. The summed E-state index contributed by atoms with van der Waals surface area (Å²) >= 11 is 0. The minimum absolute atomic E-state index is 0. The van der Waals surface area contributed by atoms with Gasteiger partial charge in [-0.2, -0.15) is 0 Å². The number of hydrogen-bond acceptors (Lipinski definition) is 1. The fourth-order valence-electron chi connectivity index (χ4n) is 1.46. The Morgan fingerprint density at radius 3 is 1.33 bits per heavy atom. The van der Waals surface area contributed by atoms with Crippen LogP contribution in [0.4, 0.5) is 0 Å². The Balaban J connectivity index is 0. The van der Waals surface area contributed by atoms with E-state index in [9.17, 15) is 0 Å². The van der Waals surface area contributed by atoms with Crippen molar-refractivity contribution in [1.82, 2.24) is 4.90 Å². The Hall–Kier alpha value is -0.0400. The molecule has 12 heavy (non-hydrogen) atoms. The molecule has 0 aromatic carbocycles. The maximum absolute atomic E-state index is 2.29. The van der Waals surface area contributed by atoms with Crippen LogP contribution < -0.4 is 0 Å². The first kappa shape index (κ1) is 14.5. The first-order chi connectivity index (χ1) is 4.65. The van der Waals surface area contributed by atoms with Gasteiger partial charge in [0.1, 0.15) is 0 Å². The summed E-state index contributed by atoms with van der Waals surface area (Å²) < 4.78 is 0. The molecule has 0 saturated heterocycles. The van der Waals surface area contributed by atoms with Gasteiger partial charge >= 0.3 is 0 Å². The van der Waals surface area contributed by atoms with Gasteiger partial charge in [-0.1, -0.05) is 28.2 Å². The second kappa shape index (κ2) is 4.27. The van der Waals surface area contributed by atoms with Gasteiger partial charge in [0.2, 0.25) is 0 Å². The van der Waals surface area contributed by atoms with E-state index < -0.39 is 0 Å². The minimum atomic E-state index is 0. The summed E-state index contributed by atoms with van der Waals surface area (Å²) in [5, 5.41) is 0.